The first kappa shape index (κ1) is 25.5. The van der Waals surface area contributed by atoms with Gasteiger partial charge in [0.2, 0.25) is 0 Å². The highest BCUT2D eigenvalue weighted by molar-refractivity contribution is 5.97. The zero-order valence-electron chi connectivity index (χ0n) is 22.3. The molecular weight excluding hydrogens is 408 g/mol. The molecule has 3 aliphatic rings. The number of fused-ring (bicyclic) bond motifs is 4. The van der Waals surface area contributed by atoms with Crippen molar-refractivity contribution in [2.75, 3.05) is 0 Å². The second-order valence-electron chi connectivity index (χ2n) is 7.70. The van der Waals surface area contributed by atoms with Crippen molar-refractivity contribution >= 4 is 0 Å². The van der Waals surface area contributed by atoms with Gasteiger partial charge >= 0.3 is 0 Å². The van der Waals surface area contributed by atoms with E-state index in [0.717, 1.165) is 6.42 Å². The molecule has 0 saturated heterocycles. The van der Waals surface area contributed by atoms with Gasteiger partial charge in [0.15, 0.2) is 0 Å². The van der Waals surface area contributed by atoms with E-state index in [0.29, 0.717) is 0 Å². The maximum Gasteiger partial charge on any atom is 0.0731 e. The van der Waals surface area contributed by atoms with Crippen LogP contribution in [-0.2, 0) is 11.8 Å². The standard InChI is InChI=1S/C26H16.4C2H6/c1-3-13-22-18(9-1)20-11-5-7-16-15-17-8-6-12-21-19-10-2-4-14-23(19)26(22,24(16)20)25(17)21;4*1-2/h1-14H,15H2;4*1-2H3. The van der Waals surface area contributed by atoms with Crippen molar-refractivity contribution in [2.45, 2.75) is 67.2 Å². The summed E-state index contributed by atoms with van der Waals surface area (Å²) in [7, 11) is 0. The summed E-state index contributed by atoms with van der Waals surface area (Å²) in [4.78, 5) is 0. The van der Waals surface area contributed by atoms with Crippen LogP contribution < -0.4 is 0 Å². The molecule has 34 heavy (non-hydrogen) atoms. The molecule has 0 heteroatoms. The lowest BCUT2D eigenvalue weighted by Crippen LogP contribution is -2.31. The normalized spacial score (nSPS) is 12.8. The van der Waals surface area contributed by atoms with Crippen molar-refractivity contribution in [1.29, 1.82) is 0 Å². The van der Waals surface area contributed by atoms with E-state index in [-0.39, 0.29) is 5.41 Å². The summed E-state index contributed by atoms with van der Waals surface area (Å²) in [5.74, 6) is 0. The van der Waals surface area contributed by atoms with E-state index in [1.54, 1.807) is 0 Å². The first-order valence-electron chi connectivity index (χ1n) is 13.3. The van der Waals surface area contributed by atoms with Crippen LogP contribution >= 0.6 is 0 Å². The zero-order valence-corrected chi connectivity index (χ0v) is 22.3. The third-order valence-electron chi connectivity index (χ3n) is 6.67. The molecule has 176 valence electrons. The Labute approximate surface area is 207 Å². The monoisotopic (exact) mass is 448 g/mol. The molecule has 0 radical (unpaired) electrons. The second-order valence-corrected chi connectivity index (χ2v) is 7.70. The van der Waals surface area contributed by atoms with E-state index >= 15 is 0 Å². The first-order valence-corrected chi connectivity index (χ1v) is 13.3. The van der Waals surface area contributed by atoms with Gasteiger partial charge in [-0.1, -0.05) is 140 Å². The lowest BCUT2D eigenvalue weighted by atomic mass is 9.64. The predicted octanol–water partition coefficient (Wildman–Crippen LogP) is 10.0. The van der Waals surface area contributed by atoms with Gasteiger partial charge in [-0.2, -0.15) is 0 Å². The minimum absolute atomic E-state index is 0.122. The Hall–Kier alpha value is -3.12. The quantitative estimate of drug-likeness (QED) is 0.216. The van der Waals surface area contributed by atoms with Crippen molar-refractivity contribution in [1.82, 2.24) is 0 Å². The van der Waals surface area contributed by atoms with E-state index < -0.39 is 0 Å². The van der Waals surface area contributed by atoms with E-state index in [2.05, 4.69) is 84.9 Å². The number of hydrogen-bond acceptors (Lipinski definition) is 0. The van der Waals surface area contributed by atoms with Crippen molar-refractivity contribution in [3.8, 4) is 22.3 Å². The SMILES string of the molecule is CC.CC.CC.CC.c1ccc2c(c1)-c1cccc3c1C21c2ccccc2-c2cccc(c21)C3. The summed E-state index contributed by atoms with van der Waals surface area (Å²) in [6, 6.07) is 31.9. The van der Waals surface area contributed by atoms with Crippen LogP contribution in [0.15, 0.2) is 84.9 Å². The summed E-state index contributed by atoms with van der Waals surface area (Å²) in [5, 5.41) is 0. The summed E-state index contributed by atoms with van der Waals surface area (Å²) in [6.07, 6.45) is 1.04. The molecule has 1 spiro atoms. The Kier molecular flexibility index (Phi) is 8.15. The zero-order chi connectivity index (χ0) is 24.9. The van der Waals surface area contributed by atoms with Gasteiger partial charge < -0.3 is 0 Å². The van der Waals surface area contributed by atoms with Crippen LogP contribution in [-0.4, -0.2) is 0 Å². The molecule has 0 bridgehead atoms. The summed E-state index contributed by atoms with van der Waals surface area (Å²) >= 11 is 0. The van der Waals surface area contributed by atoms with Crippen molar-refractivity contribution in [3.05, 3.63) is 118 Å². The van der Waals surface area contributed by atoms with Gasteiger partial charge in [-0.25, -0.2) is 0 Å². The molecule has 0 unspecified atom stereocenters. The van der Waals surface area contributed by atoms with Crippen LogP contribution in [0.4, 0.5) is 0 Å². The minimum Gasteiger partial charge on any atom is -0.0683 e. The fourth-order valence-electron chi connectivity index (χ4n) is 5.93. The van der Waals surface area contributed by atoms with Crippen molar-refractivity contribution < 1.29 is 0 Å². The molecule has 7 rings (SSSR count). The maximum absolute atomic E-state index is 2.35. The van der Waals surface area contributed by atoms with Gasteiger partial charge in [-0.3, -0.25) is 0 Å². The van der Waals surface area contributed by atoms with Gasteiger partial charge in [-0.15, -0.1) is 0 Å². The second kappa shape index (κ2) is 10.9. The van der Waals surface area contributed by atoms with Crippen LogP contribution in [0.3, 0.4) is 0 Å². The molecule has 0 nitrogen and oxygen atoms in total. The van der Waals surface area contributed by atoms with Crippen LogP contribution in [0.25, 0.3) is 22.3 Å². The lowest BCUT2D eigenvalue weighted by Gasteiger charge is -2.37. The smallest absolute Gasteiger partial charge is 0.0683 e. The number of rotatable bonds is 0. The third kappa shape index (κ3) is 3.27. The summed E-state index contributed by atoms with van der Waals surface area (Å²) in [5.41, 5.74) is 14.5. The fourth-order valence-corrected chi connectivity index (χ4v) is 5.93. The van der Waals surface area contributed by atoms with Gasteiger partial charge in [0, 0.05) is 0 Å². The minimum atomic E-state index is -0.122. The third-order valence-corrected chi connectivity index (χ3v) is 6.67. The molecule has 3 aliphatic carbocycles. The number of hydrogen-bond donors (Lipinski definition) is 0. The van der Waals surface area contributed by atoms with Gasteiger partial charge in [0.05, 0.1) is 5.41 Å². The molecule has 0 atom stereocenters. The molecule has 0 heterocycles. The molecule has 0 aromatic heterocycles. The predicted molar refractivity (Wildman–Crippen MR) is 151 cm³/mol. The van der Waals surface area contributed by atoms with Crippen LogP contribution in [0.2, 0.25) is 0 Å². The van der Waals surface area contributed by atoms with Crippen molar-refractivity contribution in [3.63, 3.8) is 0 Å². The topological polar surface area (TPSA) is 0 Å². The van der Waals surface area contributed by atoms with Gasteiger partial charge in [0.25, 0.3) is 0 Å². The van der Waals surface area contributed by atoms with Crippen LogP contribution in [0.5, 0.6) is 0 Å². The highest BCUT2D eigenvalue weighted by atomic mass is 14.6. The van der Waals surface area contributed by atoms with E-state index in [1.165, 1.54) is 55.6 Å². The molecule has 0 aliphatic heterocycles. The molecular formula is C34H40. The fraction of sp³-hybridized carbons (Fsp3) is 0.294. The van der Waals surface area contributed by atoms with Gasteiger partial charge in [0.1, 0.15) is 0 Å². The van der Waals surface area contributed by atoms with E-state index in [9.17, 15) is 0 Å². The van der Waals surface area contributed by atoms with Crippen molar-refractivity contribution in [2.24, 2.45) is 0 Å². The largest absolute Gasteiger partial charge is 0.0731 e. The molecule has 0 amide bonds. The Morgan fingerprint density at radius 3 is 1.18 bits per heavy atom. The van der Waals surface area contributed by atoms with Crippen LogP contribution in [0.1, 0.15) is 88.8 Å². The highest BCUT2D eigenvalue weighted by Crippen LogP contribution is 2.65. The summed E-state index contributed by atoms with van der Waals surface area (Å²) < 4.78 is 0. The Balaban J connectivity index is 0.000000371. The molecule has 0 saturated carbocycles. The molecule has 4 aromatic rings. The average Bonchev–Trinajstić information content (AvgIpc) is 3.42. The highest BCUT2D eigenvalue weighted by Gasteiger charge is 2.54. The summed E-state index contributed by atoms with van der Waals surface area (Å²) in [6.45, 7) is 16.0. The van der Waals surface area contributed by atoms with E-state index in [1.807, 2.05) is 55.4 Å². The lowest BCUT2D eigenvalue weighted by molar-refractivity contribution is 0.747. The first-order chi connectivity index (χ1) is 16.9. The van der Waals surface area contributed by atoms with Crippen LogP contribution in [0, 0.1) is 0 Å². The van der Waals surface area contributed by atoms with E-state index in [4.69, 9.17) is 0 Å². The molecule has 4 aromatic carbocycles. The maximum atomic E-state index is 2.35. The Bertz CT molecular complexity index is 1160. The average molecular weight is 449 g/mol. The van der Waals surface area contributed by atoms with Gasteiger partial charge in [-0.05, 0) is 62.1 Å². The molecule has 0 fully saturated rings. The number of benzene rings is 4. The Morgan fingerprint density at radius 1 is 0.412 bits per heavy atom. The molecule has 0 N–H and O–H groups in total. The Morgan fingerprint density at radius 2 is 0.765 bits per heavy atom.